The maximum atomic E-state index is 12.3. The van der Waals surface area contributed by atoms with Gasteiger partial charge < -0.3 is 15.0 Å². The zero-order chi connectivity index (χ0) is 13.7. The van der Waals surface area contributed by atoms with Crippen LogP contribution in [0.3, 0.4) is 0 Å². The van der Waals surface area contributed by atoms with E-state index in [1.54, 1.807) is 29.0 Å². The number of nitrogens with one attached hydrogen (secondary N) is 1. The number of methoxy groups -OCH3 is 1. The van der Waals surface area contributed by atoms with Gasteiger partial charge in [-0.25, -0.2) is 4.68 Å². The third kappa shape index (κ3) is 3.18. The third-order valence-corrected chi connectivity index (χ3v) is 3.07. The van der Waals surface area contributed by atoms with Gasteiger partial charge in [0.25, 0.3) is 5.91 Å². The molecule has 2 heterocycles. The van der Waals surface area contributed by atoms with Crippen LogP contribution < -0.4 is 5.32 Å². The molecule has 0 spiro atoms. The summed E-state index contributed by atoms with van der Waals surface area (Å²) in [5.74, 6) is -0.143. The minimum atomic E-state index is -0.143. The van der Waals surface area contributed by atoms with E-state index < -0.39 is 0 Å². The van der Waals surface area contributed by atoms with Crippen LogP contribution >= 0.6 is 0 Å². The van der Waals surface area contributed by atoms with Crippen molar-refractivity contribution in [2.45, 2.75) is 6.04 Å². The quantitative estimate of drug-likeness (QED) is 0.685. The highest BCUT2D eigenvalue weighted by molar-refractivity contribution is 5.92. The van der Waals surface area contributed by atoms with Crippen molar-refractivity contribution in [3.05, 3.63) is 24.5 Å². The summed E-state index contributed by atoms with van der Waals surface area (Å²) in [5.41, 5.74) is 0.366. The van der Waals surface area contributed by atoms with Crippen molar-refractivity contribution in [1.82, 2.24) is 25.2 Å². The number of carbonyl (C=O) groups excluding carboxylic acids is 1. The van der Waals surface area contributed by atoms with Crippen molar-refractivity contribution in [2.24, 2.45) is 0 Å². The number of carbonyl (C=O) groups is 1. The van der Waals surface area contributed by atoms with E-state index in [4.69, 9.17) is 4.74 Å². The van der Waals surface area contributed by atoms with E-state index in [9.17, 15) is 4.79 Å². The van der Waals surface area contributed by atoms with Crippen LogP contribution in [0.2, 0.25) is 0 Å². The van der Waals surface area contributed by atoms with Gasteiger partial charge in [-0.1, -0.05) is 11.3 Å². The Balaban J connectivity index is 2.02. The number of rotatable bonds is 7. The van der Waals surface area contributed by atoms with Crippen molar-refractivity contribution in [3.63, 3.8) is 0 Å². The first-order chi connectivity index (χ1) is 9.26. The van der Waals surface area contributed by atoms with E-state index in [0.717, 1.165) is 13.1 Å². The molecule has 1 aliphatic rings. The summed E-state index contributed by atoms with van der Waals surface area (Å²) in [4.78, 5) is 13.9. The zero-order valence-electron chi connectivity index (χ0n) is 11.1. The Morgan fingerprint density at radius 2 is 2.53 bits per heavy atom. The first-order valence-electron chi connectivity index (χ1n) is 6.28. The van der Waals surface area contributed by atoms with E-state index in [1.807, 2.05) is 0 Å². The van der Waals surface area contributed by atoms with Gasteiger partial charge in [0.1, 0.15) is 0 Å². The minimum absolute atomic E-state index is 0.143. The Morgan fingerprint density at radius 1 is 1.74 bits per heavy atom. The van der Waals surface area contributed by atoms with Crippen LogP contribution in [-0.4, -0.2) is 65.7 Å². The summed E-state index contributed by atoms with van der Waals surface area (Å²) < 4.78 is 6.74. The molecule has 1 saturated heterocycles. The van der Waals surface area contributed by atoms with Gasteiger partial charge in [0.15, 0.2) is 5.69 Å². The molecular formula is C12H19N5O2. The van der Waals surface area contributed by atoms with Crippen molar-refractivity contribution in [2.75, 3.05) is 39.9 Å². The highest BCUT2D eigenvalue weighted by Crippen LogP contribution is 2.11. The number of ether oxygens (including phenoxy) is 1. The third-order valence-electron chi connectivity index (χ3n) is 3.07. The van der Waals surface area contributed by atoms with Gasteiger partial charge in [-0.05, 0) is 0 Å². The summed E-state index contributed by atoms with van der Waals surface area (Å²) in [6, 6.07) is 0.306. The molecule has 1 N–H and O–H groups in total. The molecule has 1 fully saturated rings. The normalized spacial score (nSPS) is 15.0. The average molecular weight is 265 g/mol. The van der Waals surface area contributed by atoms with E-state index in [2.05, 4.69) is 22.2 Å². The van der Waals surface area contributed by atoms with Gasteiger partial charge in [-0.2, -0.15) is 0 Å². The second-order valence-corrected chi connectivity index (χ2v) is 4.43. The molecule has 0 aromatic carbocycles. The van der Waals surface area contributed by atoms with E-state index in [1.165, 1.54) is 0 Å². The van der Waals surface area contributed by atoms with E-state index >= 15 is 0 Å². The molecule has 19 heavy (non-hydrogen) atoms. The Hall–Kier alpha value is -1.73. The van der Waals surface area contributed by atoms with Gasteiger partial charge in [-0.3, -0.25) is 4.79 Å². The monoisotopic (exact) mass is 265 g/mol. The second kappa shape index (κ2) is 6.44. The molecule has 0 atom stereocenters. The smallest absolute Gasteiger partial charge is 0.276 e. The van der Waals surface area contributed by atoms with Crippen molar-refractivity contribution >= 4 is 5.91 Å². The predicted octanol–water partition coefficient (Wildman–Crippen LogP) is -0.303. The molecule has 0 bridgehead atoms. The van der Waals surface area contributed by atoms with Crippen molar-refractivity contribution in [3.8, 4) is 0 Å². The molecule has 2 rings (SSSR count). The maximum Gasteiger partial charge on any atom is 0.276 e. The van der Waals surface area contributed by atoms with Gasteiger partial charge >= 0.3 is 0 Å². The first kappa shape index (κ1) is 13.7. The summed E-state index contributed by atoms with van der Waals surface area (Å²) >= 11 is 0. The number of aromatic nitrogens is 3. The van der Waals surface area contributed by atoms with E-state index in [0.29, 0.717) is 31.4 Å². The molecule has 0 aliphatic carbocycles. The van der Waals surface area contributed by atoms with E-state index in [-0.39, 0.29) is 5.91 Å². The van der Waals surface area contributed by atoms with Crippen molar-refractivity contribution in [1.29, 1.82) is 0 Å². The van der Waals surface area contributed by atoms with Crippen LogP contribution in [0.25, 0.3) is 0 Å². The predicted molar refractivity (Wildman–Crippen MR) is 69.9 cm³/mol. The minimum Gasteiger partial charge on any atom is -0.383 e. The molecule has 7 heteroatoms. The summed E-state index contributed by atoms with van der Waals surface area (Å²) in [7, 11) is 1.61. The Kier molecular flexibility index (Phi) is 4.64. The van der Waals surface area contributed by atoms with Crippen LogP contribution in [-0.2, 0) is 4.74 Å². The number of nitrogens with zero attached hydrogens (tertiary/aromatic N) is 4. The number of hydrogen-bond donors (Lipinski definition) is 1. The molecule has 104 valence electrons. The summed E-state index contributed by atoms with van der Waals surface area (Å²) in [6.07, 6.45) is 3.39. The highest BCUT2D eigenvalue weighted by Gasteiger charge is 2.23. The van der Waals surface area contributed by atoms with Crippen molar-refractivity contribution < 1.29 is 9.53 Å². The van der Waals surface area contributed by atoms with Crippen LogP contribution in [0, 0.1) is 0 Å². The van der Waals surface area contributed by atoms with Gasteiger partial charge in [0.05, 0.1) is 18.8 Å². The number of hydrogen-bond acceptors (Lipinski definition) is 5. The van der Waals surface area contributed by atoms with Crippen LogP contribution in [0.5, 0.6) is 0 Å². The summed E-state index contributed by atoms with van der Waals surface area (Å²) in [6.45, 7) is 6.87. The molecule has 0 radical (unpaired) electrons. The second-order valence-electron chi connectivity index (χ2n) is 4.43. The lowest BCUT2D eigenvalue weighted by Crippen LogP contribution is -2.43. The van der Waals surface area contributed by atoms with Crippen LogP contribution in [0.15, 0.2) is 18.9 Å². The molecule has 7 nitrogen and oxygen atoms in total. The largest absolute Gasteiger partial charge is 0.383 e. The Morgan fingerprint density at radius 3 is 3.11 bits per heavy atom. The molecule has 1 aromatic rings. The fourth-order valence-electron chi connectivity index (χ4n) is 1.81. The van der Waals surface area contributed by atoms with Gasteiger partial charge in [0.2, 0.25) is 0 Å². The Bertz CT molecular complexity index is 441. The molecular weight excluding hydrogens is 246 g/mol. The standard InChI is InChI=1S/C12H19N5O2/c1-3-4-16(5-6-19-2)12(18)11-9-17(15-14-11)10-7-13-8-10/h3,9-10,13H,1,4-8H2,2H3. The summed E-state index contributed by atoms with van der Waals surface area (Å²) in [5, 5.41) is 11.1. The Labute approximate surface area is 112 Å². The fourth-order valence-corrected chi connectivity index (χ4v) is 1.81. The SMILES string of the molecule is C=CCN(CCOC)C(=O)c1cn(C2CNC2)nn1. The lowest BCUT2D eigenvalue weighted by Gasteiger charge is -2.26. The van der Waals surface area contributed by atoms with Gasteiger partial charge in [0, 0.05) is 33.3 Å². The molecule has 0 unspecified atom stereocenters. The molecule has 1 aromatic heterocycles. The average Bonchev–Trinajstić information content (AvgIpc) is 2.80. The van der Waals surface area contributed by atoms with Gasteiger partial charge in [-0.15, -0.1) is 11.7 Å². The zero-order valence-corrected chi connectivity index (χ0v) is 11.1. The molecule has 1 amide bonds. The number of amides is 1. The fraction of sp³-hybridized carbons (Fsp3) is 0.583. The lowest BCUT2D eigenvalue weighted by molar-refractivity contribution is 0.0712. The molecule has 0 saturated carbocycles. The highest BCUT2D eigenvalue weighted by atomic mass is 16.5. The maximum absolute atomic E-state index is 12.3. The van der Waals surface area contributed by atoms with Crippen LogP contribution in [0.4, 0.5) is 0 Å². The molecule has 1 aliphatic heterocycles. The lowest BCUT2D eigenvalue weighted by atomic mass is 10.2. The topological polar surface area (TPSA) is 72.3 Å². The first-order valence-corrected chi connectivity index (χ1v) is 6.28. The van der Waals surface area contributed by atoms with Crippen LogP contribution in [0.1, 0.15) is 16.5 Å².